The van der Waals surface area contributed by atoms with E-state index in [9.17, 15) is 4.79 Å². The summed E-state index contributed by atoms with van der Waals surface area (Å²) < 4.78 is 0. The minimum atomic E-state index is -0.663. The monoisotopic (exact) mass is 357 g/mol. The predicted molar refractivity (Wildman–Crippen MR) is 111 cm³/mol. The Balaban J connectivity index is 0. The van der Waals surface area contributed by atoms with Crippen molar-refractivity contribution in [1.82, 2.24) is 6.15 Å². The first-order valence-electron chi connectivity index (χ1n) is 10.7. The van der Waals surface area contributed by atoms with Gasteiger partial charge in [0, 0.05) is 0 Å². The Labute approximate surface area is 157 Å². The van der Waals surface area contributed by atoms with Gasteiger partial charge in [0.15, 0.2) is 0 Å². The zero-order valence-electron chi connectivity index (χ0n) is 17.6. The van der Waals surface area contributed by atoms with Gasteiger partial charge in [0.1, 0.15) is 0 Å². The lowest BCUT2D eigenvalue weighted by molar-refractivity contribution is -0.147. The van der Waals surface area contributed by atoms with E-state index in [2.05, 4.69) is 6.92 Å². The van der Waals surface area contributed by atoms with Crippen molar-refractivity contribution < 1.29 is 9.90 Å². The van der Waals surface area contributed by atoms with Crippen LogP contribution in [-0.2, 0) is 4.79 Å². The lowest BCUT2D eigenvalue weighted by Gasteiger charge is -2.18. The van der Waals surface area contributed by atoms with E-state index in [1.807, 2.05) is 13.8 Å². The summed E-state index contributed by atoms with van der Waals surface area (Å²) in [7, 11) is 0. The molecule has 0 saturated heterocycles. The number of carbonyl (C=O) groups is 1. The van der Waals surface area contributed by atoms with Crippen LogP contribution in [0, 0.1) is 5.41 Å². The molecule has 0 radical (unpaired) electrons. The third-order valence-electron chi connectivity index (χ3n) is 5.23. The molecule has 0 saturated carbocycles. The van der Waals surface area contributed by atoms with Gasteiger partial charge in [-0.05, 0) is 20.3 Å². The molecule has 0 atom stereocenters. The Kier molecular flexibility index (Phi) is 19.4. The van der Waals surface area contributed by atoms with Gasteiger partial charge in [0.05, 0.1) is 5.41 Å². The Bertz CT molecular complexity index is 290. The number of rotatable bonds is 18. The van der Waals surface area contributed by atoms with E-state index in [4.69, 9.17) is 5.11 Å². The van der Waals surface area contributed by atoms with E-state index < -0.39 is 11.4 Å². The number of carboxylic acids is 1. The number of unbranched alkanes of at least 4 members (excludes halogenated alkanes) is 15. The molecule has 0 unspecified atom stereocenters. The predicted octanol–water partition coefficient (Wildman–Crippen LogP) is 7.91. The number of hydrogen-bond donors (Lipinski definition) is 2. The summed E-state index contributed by atoms with van der Waals surface area (Å²) in [5.74, 6) is -0.663. The molecule has 0 aromatic heterocycles. The van der Waals surface area contributed by atoms with Crippen LogP contribution in [0.25, 0.3) is 0 Å². The lowest BCUT2D eigenvalue weighted by atomic mass is 9.87. The van der Waals surface area contributed by atoms with E-state index in [1.165, 1.54) is 96.3 Å². The van der Waals surface area contributed by atoms with Crippen molar-refractivity contribution in [3.8, 4) is 0 Å². The SMILES string of the molecule is CCCCCCCCCCCCCCCCCCC(C)(C)C(=O)O.N. The highest BCUT2D eigenvalue weighted by molar-refractivity contribution is 5.73. The average Bonchev–Trinajstić information content (AvgIpc) is 2.54. The highest BCUT2D eigenvalue weighted by Crippen LogP contribution is 2.24. The molecule has 0 aromatic rings. The van der Waals surface area contributed by atoms with Crippen molar-refractivity contribution >= 4 is 5.97 Å². The largest absolute Gasteiger partial charge is 0.481 e. The van der Waals surface area contributed by atoms with Crippen LogP contribution in [0.2, 0.25) is 0 Å². The molecule has 0 fully saturated rings. The first-order valence-corrected chi connectivity index (χ1v) is 10.7. The molecule has 25 heavy (non-hydrogen) atoms. The van der Waals surface area contributed by atoms with E-state index in [0.29, 0.717) is 0 Å². The molecule has 0 aromatic carbocycles. The smallest absolute Gasteiger partial charge is 0.309 e. The minimum absolute atomic E-state index is 0. The van der Waals surface area contributed by atoms with Crippen molar-refractivity contribution in [2.75, 3.05) is 0 Å². The number of carboxylic acid groups (broad SMARTS) is 1. The van der Waals surface area contributed by atoms with Crippen LogP contribution in [0.15, 0.2) is 0 Å². The fourth-order valence-electron chi connectivity index (χ4n) is 3.22. The summed E-state index contributed by atoms with van der Waals surface area (Å²) in [6.07, 6.45) is 22.6. The first kappa shape index (κ1) is 26.7. The van der Waals surface area contributed by atoms with Crippen LogP contribution < -0.4 is 6.15 Å². The molecule has 0 spiro atoms. The van der Waals surface area contributed by atoms with Crippen LogP contribution in [0.1, 0.15) is 130 Å². The van der Waals surface area contributed by atoms with Gasteiger partial charge in [-0.3, -0.25) is 4.79 Å². The zero-order valence-corrected chi connectivity index (χ0v) is 17.6. The van der Waals surface area contributed by atoms with Crippen LogP contribution in [-0.4, -0.2) is 11.1 Å². The normalized spacial score (nSPS) is 11.3. The van der Waals surface area contributed by atoms with E-state index in [-0.39, 0.29) is 6.15 Å². The Morgan fingerprint density at radius 1 is 0.640 bits per heavy atom. The van der Waals surface area contributed by atoms with Crippen LogP contribution in [0.3, 0.4) is 0 Å². The fourth-order valence-corrected chi connectivity index (χ4v) is 3.22. The maximum atomic E-state index is 11.0. The van der Waals surface area contributed by atoms with Gasteiger partial charge >= 0.3 is 5.97 Å². The van der Waals surface area contributed by atoms with Gasteiger partial charge in [0.2, 0.25) is 0 Å². The van der Waals surface area contributed by atoms with Crippen molar-refractivity contribution in [2.45, 2.75) is 130 Å². The van der Waals surface area contributed by atoms with Crippen LogP contribution >= 0.6 is 0 Å². The molecule has 0 aliphatic carbocycles. The van der Waals surface area contributed by atoms with Gasteiger partial charge < -0.3 is 11.3 Å². The standard InChI is InChI=1S/C22H44O2.H3N/c1-4-5-6-7-8-9-10-11-12-13-14-15-16-17-18-19-20-22(2,3)21(23)24;/h4-20H2,1-3H3,(H,23,24);1H3. The quantitative estimate of drug-likeness (QED) is 0.245. The summed E-state index contributed by atoms with van der Waals surface area (Å²) in [6, 6.07) is 0. The molecule has 0 aliphatic rings. The second-order valence-corrected chi connectivity index (χ2v) is 8.24. The first-order chi connectivity index (χ1) is 11.5. The molecule has 4 N–H and O–H groups in total. The molecular weight excluding hydrogens is 310 g/mol. The van der Waals surface area contributed by atoms with Crippen molar-refractivity contribution in [3.63, 3.8) is 0 Å². The summed E-state index contributed by atoms with van der Waals surface area (Å²) >= 11 is 0. The van der Waals surface area contributed by atoms with Gasteiger partial charge in [-0.15, -0.1) is 0 Å². The highest BCUT2D eigenvalue weighted by atomic mass is 16.4. The van der Waals surface area contributed by atoms with Gasteiger partial charge in [0.25, 0.3) is 0 Å². The summed E-state index contributed by atoms with van der Waals surface area (Å²) in [5, 5.41) is 9.07. The van der Waals surface area contributed by atoms with E-state index in [0.717, 1.165) is 12.8 Å². The molecule has 0 amide bonds. The second kappa shape index (κ2) is 18.2. The Morgan fingerprint density at radius 2 is 0.920 bits per heavy atom. The molecule has 3 nitrogen and oxygen atoms in total. The topological polar surface area (TPSA) is 72.3 Å². The molecule has 3 heteroatoms. The third-order valence-corrected chi connectivity index (χ3v) is 5.23. The molecule has 0 bridgehead atoms. The Hall–Kier alpha value is -0.570. The second-order valence-electron chi connectivity index (χ2n) is 8.24. The van der Waals surface area contributed by atoms with Crippen LogP contribution in [0.4, 0.5) is 0 Å². The number of aliphatic carboxylic acids is 1. The lowest BCUT2D eigenvalue weighted by Crippen LogP contribution is -2.23. The van der Waals surface area contributed by atoms with E-state index in [1.54, 1.807) is 0 Å². The van der Waals surface area contributed by atoms with Crippen LogP contribution in [0.5, 0.6) is 0 Å². The average molecular weight is 358 g/mol. The minimum Gasteiger partial charge on any atom is -0.481 e. The van der Waals surface area contributed by atoms with Gasteiger partial charge in [-0.1, -0.05) is 110 Å². The summed E-state index contributed by atoms with van der Waals surface area (Å²) in [6.45, 7) is 5.95. The van der Waals surface area contributed by atoms with Gasteiger partial charge in [-0.25, -0.2) is 0 Å². The molecular formula is C22H47NO2. The summed E-state index contributed by atoms with van der Waals surface area (Å²) in [4.78, 5) is 11.0. The number of hydrogen-bond acceptors (Lipinski definition) is 2. The molecule has 0 rings (SSSR count). The zero-order chi connectivity index (χ0) is 18.1. The molecule has 0 aliphatic heterocycles. The Morgan fingerprint density at radius 3 is 1.20 bits per heavy atom. The maximum absolute atomic E-state index is 11.0. The van der Waals surface area contributed by atoms with Crippen molar-refractivity contribution in [3.05, 3.63) is 0 Å². The van der Waals surface area contributed by atoms with Crippen molar-refractivity contribution in [2.24, 2.45) is 5.41 Å². The molecule has 152 valence electrons. The van der Waals surface area contributed by atoms with E-state index >= 15 is 0 Å². The maximum Gasteiger partial charge on any atom is 0.309 e. The third kappa shape index (κ3) is 18.0. The molecule has 0 heterocycles. The highest BCUT2D eigenvalue weighted by Gasteiger charge is 2.25. The fraction of sp³-hybridized carbons (Fsp3) is 0.955. The van der Waals surface area contributed by atoms with Gasteiger partial charge in [-0.2, -0.15) is 0 Å². The van der Waals surface area contributed by atoms with Crippen molar-refractivity contribution in [1.29, 1.82) is 0 Å². The summed E-state index contributed by atoms with van der Waals surface area (Å²) in [5.41, 5.74) is -0.546.